The van der Waals surface area contributed by atoms with Gasteiger partial charge in [0, 0.05) is 17.4 Å². The fourth-order valence-corrected chi connectivity index (χ4v) is 7.16. The second-order valence-corrected chi connectivity index (χ2v) is 11.7. The van der Waals surface area contributed by atoms with Crippen LogP contribution in [0.4, 0.5) is 27.8 Å². The van der Waals surface area contributed by atoms with Crippen LogP contribution in [0.15, 0.2) is 88.5 Å². The number of ether oxygens (including phenoxy) is 4. The van der Waals surface area contributed by atoms with Crippen LogP contribution < -0.4 is 18.5 Å². The summed E-state index contributed by atoms with van der Waals surface area (Å²) < 4.78 is 31.7. The molecule has 3 aliphatic rings. The molecule has 3 N–H and O–H groups in total. The maximum atomic E-state index is 12.7. The smallest absolute Gasteiger partial charge is 0.341 e. The highest BCUT2D eigenvalue weighted by Gasteiger charge is 2.56. The Hall–Kier alpha value is -4.58. The molecule has 0 bridgehead atoms. The number of hydrogen-bond acceptors (Lipinski definition) is 11. The summed E-state index contributed by atoms with van der Waals surface area (Å²) in [6, 6.07) is 21.1. The number of nitrogens with one attached hydrogen (secondary N) is 2. The van der Waals surface area contributed by atoms with E-state index in [-0.39, 0.29) is 23.9 Å². The number of para-hydroxylation sites is 1. The molecule has 5 atom stereocenters. The van der Waals surface area contributed by atoms with E-state index in [9.17, 15) is 14.7 Å². The van der Waals surface area contributed by atoms with Gasteiger partial charge in [-0.1, -0.05) is 48.5 Å². The van der Waals surface area contributed by atoms with Crippen molar-refractivity contribution in [3.8, 4) is 5.88 Å². The number of aromatic carboxylic acids is 1. The molecule has 4 aromatic rings. The lowest BCUT2D eigenvalue weighted by Gasteiger charge is -2.26. The third-order valence-electron chi connectivity index (χ3n) is 7.00. The minimum atomic E-state index is -1.15. The normalized spacial score (nSPS) is 23.4. The zero-order valence-corrected chi connectivity index (χ0v) is 24.8. The van der Waals surface area contributed by atoms with Crippen LogP contribution >= 0.6 is 21.3 Å². The van der Waals surface area contributed by atoms with Gasteiger partial charge in [0.15, 0.2) is 29.8 Å². The van der Waals surface area contributed by atoms with Gasteiger partial charge in [-0.2, -0.15) is 3.15 Å². The summed E-state index contributed by atoms with van der Waals surface area (Å²) in [5, 5.41) is 15.1. The highest BCUT2D eigenvalue weighted by atomic mass is 127. The second kappa shape index (κ2) is 12.2. The molecule has 5 heterocycles. The van der Waals surface area contributed by atoms with Crippen molar-refractivity contribution < 1.29 is 33.6 Å². The lowest BCUT2D eigenvalue weighted by atomic mass is 10.1. The molecule has 5 unspecified atom stereocenters. The lowest BCUT2D eigenvalue weighted by Crippen LogP contribution is -2.38. The molecule has 0 aliphatic carbocycles. The van der Waals surface area contributed by atoms with Gasteiger partial charge in [0.05, 0.1) is 0 Å². The van der Waals surface area contributed by atoms with Crippen molar-refractivity contribution in [2.75, 3.05) is 20.4 Å². The van der Waals surface area contributed by atoms with E-state index < -0.39 is 64.1 Å². The molecule has 0 radical (unpaired) electrons. The summed E-state index contributed by atoms with van der Waals surface area (Å²) in [6.45, 7) is -0.0355. The van der Waals surface area contributed by atoms with Gasteiger partial charge in [-0.25, -0.2) is 24.5 Å². The molecule has 2 aromatic carbocycles. The van der Waals surface area contributed by atoms with Crippen molar-refractivity contribution in [3.05, 3.63) is 96.4 Å². The van der Waals surface area contributed by atoms with Gasteiger partial charge in [-0.05, 0) is 24.3 Å². The number of carbonyl (C=O) groups excluding carboxylic acids is 1. The van der Waals surface area contributed by atoms with Gasteiger partial charge in [-0.3, -0.25) is 8.43 Å². The molecule has 2 amide bonds. The van der Waals surface area contributed by atoms with Crippen LogP contribution in [0.25, 0.3) is 0 Å². The Kier molecular flexibility index (Phi) is 7.82. The SMILES string of the molecule is O=C(Nc1ccccc1)Nc1ncnc2c1N=IN2C1OC(COc2ncccc2C(=O)O)C2OC(c3ccccc3)OC21. The van der Waals surface area contributed by atoms with E-state index in [1.807, 2.05) is 51.6 Å². The van der Waals surface area contributed by atoms with Crippen LogP contribution in [0.5, 0.6) is 5.88 Å². The van der Waals surface area contributed by atoms with Crippen LogP contribution in [0.1, 0.15) is 22.2 Å². The number of urea groups is 1. The predicted molar refractivity (Wildman–Crippen MR) is 164 cm³/mol. The molecule has 14 nitrogen and oxygen atoms in total. The number of benzene rings is 2. The first-order chi connectivity index (χ1) is 21.5. The number of halogens is 1. The molecule has 2 saturated heterocycles. The number of nitrogens with zero attached hydrogens (tertiary/aromatic N) is 5. The Morgan fingerprint density at radius 1 is 0.909 bits per heavy atom. The first-order valence-electron chi connectivity index (χ1n) is 13.5. The molecule has 0 spiro atoms. The molecule has 2 fully saturated rings. The van der Waals surface area contributed by atoms with Gasteiger partial charge in [0.1, 0.15) is 58.1 Å². The monoisotopic (exact) mass is 709 g/mol. The standard InChI is InChI=1S/C29H24IN7O7/c38-27(39)18-12-7-13-31-25(18)41-14-19-21-22(44-28(43-21)16-8-3-1-4-9-16)26(42-19)37-24-20(36-30-37)23(32-15-33-24)35-29(40)34-17-10-5-2-6-11-17/h1-13,15,19,21-22,26,28H,14H2,(H,38,39)(H2,32,33,34,35,40). The average Bonchev–Trinajstić information content (AvgIpc) is 3.76. The number of anilines is 3. The Labute approximate surface area is 260 Å². The Morgan fingerprint density at radius 2 is 1.68 bits per heavy atom. The summed E-state index contributed by atoms with van der Waals surface area (Å²) in [4.78, 5) is 37.2. The summed E-state index contributed by atoms with van der Waals surface area (Å²) in [7, 11) is 0. The molecule has 2 aromatic heterocycles. The van der Waals surface area contributed by atoms with E-state index in [2.05, 4.69) is 25.6 Å². The lowest BCUT2D eigenvalue weighted by molar-refractivity contribution is -0.134. The average molecular weight is 709 g/mol. The van der Waals surface area contributed by atoms with E-state index in [4.69, 9.17) is 22.1 Å². The number of carboxylic acids is 1. The van der Waals surface area contributed by atoms with E-state index in [1.54, 1.807) is 12.1 Å². The van der Waals surface area contributed by atoms with Crippen molar-refractivity contribution >= 4 is 56.3 Å². The predicted octanol–water partition coefficient (Wildman–Crippen LogP) is 5.02. The third-order valence-corrected chi connectivity index (χ3v) is 9.17. The topological polar surface area (TPSA) is 170 Å². The summed E-state index contributed by atoms with van der Waals surface area (Å²) >= 11 is -1.05. The van der Waals surface area contributed by atoms with Crippen LogP contribution in [-0.2, 0) is 14.2 Å². The van der Waals surface area contributed by atoms with Crippen LogP contribution in [-0.4, -0.2) is 63.2 Å². The van der Waals surface area contributed by atoms with Crippen molar-refractivity contribution in [2.45, 2.75) is 30.8 Å². The fourth-order valence-electron chi connectivity index (χ4n) is 5.01. The van der Waals surface area contributed by atoms with E-state index in [1.165, 1.54) is 24.7 Å². The van der Waals surface area contributed by atoms with Crippen LogP contribution in [0.3, 0.4) is 0 Å². The number of fused-ring (bicyclic) bond motifs is 2. The highest BCUT2D eigenvalue weighted by Crippen LogP contribution is 2.50. The molecular formula is C29H24IN7O7. The van der Waals surface area contributed by atoms with E-state index in [0.29, 0.717) is 17.2 Å². The van der Waals surface area contributed by atoms with Crippen molar-refractivity contribution in [1.82, 2.24) is 15.0 Å². The number of carboxylic acid groups (broad SMARTS) is 1. The third kappa shape index (κ3) is 5.57. The summed E-state index contributed by atoms with van der Waals surface area (Å²) in [5.74, 6) is -0.407. The minimum Gasteiger partial charge on any atom is -0.477 e. The molecule has 3 aliphatic heterocycles. The number of pyridine rings is 1. The zero-order chi connectivity index (χ0) is 30.0. The fraction of sp³-hybridized carbons (Fsp3) is 0.207. The molecule has 0 saturated carbocycles. The van der Waals surface area contributed by atoms with Gasteiger partial charge >= 0.3 is 12.0 Å². The van der Waals surface area contributed by atoms with Crippen LogP contribution in [0, 0.1) is 0 Å². The first-order valence-corrected chi connectivity index (χ1v) is 15.4. The van der Waals surface area contributed by atoms with Gasteiger partial charge in [0.25, 0.3) is 0 Å². The Morgan fingerprint density at radius 3 is 2.48 bits per heavy atom. The summed E-state index contributed by atoms with van der Waals surface area (Å²) in [6.07, 6.45) is -0.214. The van der Waals surface area contributed by atoms with E-state index in [0.717, 1.165) is 5.56 Å². The number of hydrogen-bond donors (Lipinski definition) is 3. The van der Waals surface area contributed by atoms with Gasteiger partial charge < -0.3 is 29.4 Å². The Bertz CT molecular complexity index is 1720. The maximum absolute atomic E-state index is 12.7. The van der Waals surface area contributed by atoms with E-state index >= 15 is 0 Å². The highest BCUT2D eigenvalue weighted by molar-refractivity contribution is 14.2. The first kappa shape index (κ1) is 28.2. The molecule has 224 valence electrons. The quantitative estimate of drug-likeness (QED) is 0.166. The van der Waals surface area contributed by atoms with Crippen molar-refractivity contribution in [2.24, 2.45) is 3.15 Å². The van der Waals surface area contributed by atoms with Crippen molar-refractivity contribution in [1.29, 1.82) is 0 Å². The van der Waals surface area contributed by atoms with Gasteiger partial charge in [-0.15, -0.1) is 0 Å². The second-order valence-electron chi connectivity index (χ2n) is 9.79. The molecule has 15 heteroatoms. The summed E-state index contributed by atoms with van der Waals surface area (Å²) in [5.41, 5.74) is 1.86. The number of aromatic nitrogens is 3. The Balaban J connectivity index is 1.13. The number of carbonyl (C=O) groups is 2. The van der Waals surface area contributed by atoms with Gasteiger partial charge in [0.2, 0.25) is 5.88 Å². The number of amides is 2. The number of rotatable bonds is 8. The minimum absolute atomic E-state index is 0.0201. The van der Waals surface area contributed by atoms with Crippen molar-refractivity contribution in [3.63, 3.8) is 0 Å². The maximum Gasteiger partial charge on any atom is 0.341 e. The zero-order valence-electron chi connectivity index (χ0n) is 22.7. The largest absolute Gasteiger partial charge is 0.477 e. The molecule has 44 heavy (non-hydrogen) atoms. The molecular weight excluding hydrogens is 685 g/mol. The van der Waals surface area contributed by atoms with Crippen LogP contribution in [0.2, 0.25) is 0 Å². The molecule has 7 rings (SSSR count).